The molecule has 0 spiro atoms. The summed E-state index contributed by atoms with van der Waals surface area (Å²) in [5.74, 6) is -0.882. The van der Waals surface area contributed by atoms with E-state index in [1.165, 1.54) is 15.3 Å². The fraction of sp³-hybridized carbons (Fsp3) is 0.333. The quantitative estimate of drug-likeness (QED) is 0.739. The highest BCUT2D eigenvalue weighted by Crippen LogP contribution is 2.36. The maximum Gasteiger partial charge on any atom is 0.306 e. The predicted molar refractivity (Wildman–Crippen MR) is 105 cm³/mol. The molecular formula is C21H22N2O2S. The van der Waals surface area contributed by atoms with Crippen molar-refractivity contribution in [2.45, 2.75) is 25.8 Å². The van der Waals surface area contributed by atoms with Crippen molar-refractivity contribution in [3.8, 4) is 0 Å². The van der Waals surface area contributed by atoms with Crippen LogP contribution in [0.1, 0.15) is 34.2 Å². The number of fused-ring (bicyclic) bond motifs is 1. The molecule has 1 N–H and O–H groups in total. The minimum absolute atomic E-state index is 0.139. The lowest BCUT2D eigenvalue weighted by Crippen LogP contribution is -2.39. The molecule has 26 heavy (non-hydrogen) atoms. The molecule has 2 aromatic heterocycles. The van der Waals surface area contributed by atoms with Crippen molar-refractivity contribution in [2.24, 2.45) is 5.92 Å². The number of nitrogens with zero attached hydrogens (tertiary/aromatic N) is 2. The van der Waals surface area contributed by atoms with Crippen molar-refractivity contribution in [1.29, 1.82) is 0 Å². The number of aromatic nitrogens is 1. The van der Waals surface area contributed by atoms with Gasteiger partial charge in [0.15, 0.2) is 0 Å². The Morgan fingerprint density at radius 3 is 2.69 bits per heavy atom. The van der Waals surface area contributed by atoms with Gasteiger partial charge in [-0.1, -0.05) is 18.2 Å². The Labute approximate surface area is 157 Å². The minimum atomic E-state index is -0.666. The number of aliphatic carboxylic acids is 1. The summed E-state index contributed by atoms with van der Waals surface area (Å²) < 4.78 is 0. The van der Waals surface area contributed by atoms with E-state index in [2.05, 4.69) is 41.1 Å². The molecule has 1 fully saturated rings. The van der Waals surface area contributed by atoms with E-state index < -0.39 is 5.97 Å². The van der Waals surface area contributed by atoms with Crippen LogP contribution in [0.3, 0.4) is 0 Å². The monoisotopic (exact) mass is 366 g/mol. The number of thiophene rings is 1. The van der Waals surface area contributed by atoms with Crippen LogP contribution in [0, 0.1) is 12.8 Å². The van der Waals surface area contributed by atoms with E-state index >= 15 is 0 Å². The topological polar surface area (TPSA) is 53.4 Å². The van der Waals surface area contributed by atoms with Gasteiger partial charge in [-0.25, -0.2) is 0 Å². The molecule has 0 saturated carbocycles. The second kappa shape index (κ2) is 7.17. The van der Waals surface area contributed by atoms with Gasteiger partial charge in [0.2, 0.25) is 0 Å². The Morgan fingerprint density at radius 1 is 1.23 bits per heavy atom. The molecule has 0 bridgehead atoms. The lowest BCUT2D eigenvalue weighted by Gasteiger charge is -2.36. The number of carbonyl (C=O) groups is 1. The first-order chi connectivity index (χ1) is 12.6. The second-order valence-corrected chi connectivity index (χ2v) is 8.28. The SMILES string of the molecule is Cc1ccc(C(c2cnc3ccccc3c2)N2CCC(C(=O)O)CC2)s1. The maximum atomic E-state index is 11.3. The van der Waals surface area contributed by atoms with Crippen LogP contribution in [0.4, 0.5) is 0 Å². The number of likely N-dealkylation sites (tertiary alicyclic amines) is 1. The van der Waals surface area contributed by atoms with Crippen LogP contribution in [0.15, 0.2) is 48.7 Å². The van der Waals surface area contributed by atoms with Crippen LogP contribution in [-0.4, -0.2) is 34.0 Å². The highest BCUT2D eigenvalue weighted by Gasteiger charge is 2.31. The Hall–Kier alpha value is -2.24. The number of pyridine rings is 1. The van der Waals surface area contributed by atoms with Crippen LogP contribution in [-0.2, 0) is 4.79 Å². The minimum Gasteiger partial charge on any atom is -0.481 e. The van der Waals surface area contributed by atoms with Crippen molar-refractivity contribution in [1.82, 2.24) is 9.88 Å². The molecule has 1 aromatic carbocycles. The number of aryl methyl sites for hydroxylation is 1. The van der Waals surface area contributed by atoms with Gasteiger partial charge in [0.25, 0.3) is 0 Å². The molecule has 1 saturated heterocycles. The fourth-order valence-electron chi connectivity index (χ4n) is 3.80. The molecule has 3 heterocycles. The van der Waals surface area contributed by atoms with Crippen molar-refractivity contribution in [3.05, 3.63) is 64.0 Å². The number of hydrogen-bond acceptors (Lipinski definition) is 4. The van der Waals surface area contributed by atoms with Gasteiger partial charge in [-0.3, -0.25) is 14.7 Å². The highest BCUT2D eigenvalue weighted by atomic mass is 32.1. The van der Waals surface area contributed by atoms with Gasteiger partial charge in [0.1, 0.15) is 0 Å². The number of benzene rings is 1. The summed E-state index contributed by atoms with van der Waals surface area (Å²) in [6.07, 6.45) is 3.39. The molecule has 1 aliphatic heterocycles. The molecule has 0 amide bonds. The first kappa shape index (κ1) is 17.2. The predicted octanol–water partition coefficient (Wildman–Crippen LogP) is 4.49. The Bertz CT molecular complexity index is 928. The van der Waals surface area contributed by atoms with Crippen molar-refractivity contribution in [2.75, 3.05) is 13.1 Å². The van der Waals surface area contributed by atoms with Gasteiger partial charge >= 0.3 is 5.97 Å². The van der Waals surface area contributed by atoms with E-state index in [0.29, 0.717) is 12.8 Å². The fourth-order valence-corrected chi connectivity index (χ4v) is 4.84. The van der Waals surface area contributed by atoms with Crippen LogP contribution in [0.25, 0.3) is 10.9 Å². The summed E-state index contributed by atoms with van der Waals surface area (Å²) >= 11 is 1.81. The number of hydrogen-bond donors (Lipinski definition) is 1. The first-order valence-electron chi connectivity index (χ1n) is 9.00. The molecule has 1 unspecified atom stereocenters. The third kappa shape index (κ3) is 3.37. The van der Waals surface area contributed by atoms with Gasteiger partial charge in [-0.05, 0) is 62.7 Å². The number of piperidine rings is 1. The third-order valence-electron chi connectivity index (χ3n) is 5.20. The zero-order valence-corrected chi connectivity index (χ0v) is 15.6. The average Bonchev–Trinajstić information content (AvgIpc) is 3.08. The normalized spacial score (nSPS) is 17.4. The molecule has 0 aliphatic carbocycles. The molecule has 5 heteroatoms. The summed E-state index contributed by atoms with van der Waals surface area (Å²) in [5, 5.41) is 10.4. The smallest absolute Gasteiger partial charge is 0.306 e. The molecule has 4 nitrogen and oxygen atoms in total. The molecule has 134 valence electrons. The zero-order chi connectivity index (χ0) is 18.1. The van der Waals surface area contributed by atoms with Gasteiger partial charge in [-0.2, -0.15) is 0 Å². The van der Waals surface area contributed by atoms with Crippen LogP contribution >= 0.6 is 11.3 Å². The standard InChI is InChI=1S/C21H22N2O2S/c1-14-6-7-19(26-14)20(23-10-8-15(9-11-23)21(24)25)17-12-16-4-2-3-5-18(16)22-13-17/h2-7,12-13,15,20H,8-11H2,1H3,(H,24,25). The Kier molecular flexibility index (Phi) is 4.74. The summed E-state index contributed by atoms with van der Waals surface area (Å²) in [6, 6.07) is 14.9. The number of para-hydroxylation sites is 1. The summed E-state index contributed by atoms with van der Waals surface area (Å²) in [6.45, 7) is 3.72. The second-order valence-electron chi connectivity index (χ2n) is 6.96. The van der Waals surface area contributed by atoms with E-state index in [-0.39, 0.29) is 12.0 Å². The largest absolute Gasteiger partial charge is 0.481 e. The summed E-state index contributed by atoms with van der Waals surface area (Å²) in [5.41, 5.74) is 2.18. The van der Waals surface area contributed by atoms with Crippen LogP contribution in [0.5, 0.6) is 0 Å². The van der Waals surface area contributed by atoms with E-state index in [0.717, 1.165) is 24.0 Å². The van der Waals surface area contributed by atoms with Gasteiger partial charge < -0.3 is 5.11 Å². The molecule has 1 aliphatic rings. The van der Waals surface area contributed by atoms with Crippen molar-refractivity contribution < 1.29 is 9.90 Å². The highest BCUT2D eigenvalue weighted by molar-refractivity contribution is 7.12. The van der Waals surface area contributed by atoms with Gasteiger partial charge in [0, 0.05) is 21.3 Å². The van der Waals surface area contributed by atoms with Crippen LogP contribution < -0.4 is 0 Å². The first-order valence-corrected chi connectivity index (χ1v) is 9.81. The van der Waals surface area contributed by atoms with Gasteiger partial charge in [-0.15, -0.1) is 11.3 Å². The summed E-state index contributed by atoms with van der Waals surface area (Å²) in [7, 11) is 0. The molecule has 3 aromatic rings. The lowest BCUT2D eigenvalue weighted by molar-refractivity contribution is -0.143. The Morgan fingerprint density at radius 2 is 2.00 bits per heavy atom. The van der Waals surface area contributed by atoms with E-state index in [9.17, 15) is 9.90 Å². The maximum absolute atomic E-state index is 11.3. The number of rotatable bonds is 4. The van der Waals surface area contributed by atoms with Gasteiger partial charge in [0.05, 0.1) is 17.5 Å². The van der Waals surface area contributed by atoms with E-state index in [1.807, 2.05) is 35.7 Å². The van der Waals surface area contributed by atoms with E-state index in [1.54, 1.807) is 0 Å². The molecule has 1 atom stereocenters. The lowest BCUT2D eigenvalue weighted by atomic mass is 9.94. The number of carboxylic acid groups (broad SMARTS) is 1. The third-order valence-corrected chi connectivity index (χ3v) is 6.26. The van der Waals surface area contributed by atoms with Crippen molar-refractivity contribution in [3.63, 3.8) is 0 Å². The average molecular weight is 366 g/mol. The van der Waals surface area contributed by atoms with Crippen molar-refractivity contribution >= 4 is 28.2 Å². The Balaban J connectivity index is 1.70. The van der Waals surface area contributed by atoms with Crippen LogP contribution in [0.2, 0.25) is 0 Å². The summed E-state index contributed by atoms with van der Waals surface area (Å²) in [4.78, 5) is 21.0. The molecule has 0 radical (unpaired) electrons. The molecular weight excluding hydrogens is 344 g/mol. The zero-order valence-electron chi connectivity index (χ0n) is 14.8. The van der Waals surface area contributed by atoms with E-state index in [4.69, 9.17) is 0 Å². The molecule has 4 rings (SSSR count). The number of carboxylic acids is 1.